The van der Waals surface area contributed by atoms with Gasteiger partial charge in [-0.25, -0.2) is 9.59 Å². The second kappa shape index (κ2) is 5.70. The maximum absolute atomic E-state index is 11.8. The van der Waals surface area contributed by atoms with Gasteiger partial charge in [0.2, 0.25) is 0 Å². The average molecular weight is 292 g/mol. The van der Waals surface area contributed by atoms with Gasteiger partial charge in [0, 0.05) is 13.2 Å². The maximum atomic E-state index is 11.8. The Morgan fingerprint density at radius 3 is 2.67 bits per heavy atom. The Labute approximate surface area is 120 Å². The number of carboxylic acids is 1. The van der Waals surface area contributed by atoms with Gasteiger partial charge in [0.05, 0.1) is 17.9 Å². The summed E-state index contributed by atoms with van der Waals surface area (Å²) in [6.07, 6.45) is 1.69. The molecule has 21 heavy (non-hydrogen) atoms. The van der Waals surface area contributed by atoms with Crippen molar-refractivity contribution in [3.63, 3.8) is 0 Å². The van der Waals surface area contributed by atoms with Gasteiger partial charge in [0.1, 0.15) is 17.1 Å². The topological polar surface area (TPSA) is 109 Å². The van der Waals surface area contributed by atoms with E-state index in [1.54, 1.807) is 31.8 Å². The van der Waals surface area contributed by atoms with Gasteiger partial charge in [-0.2, -0.15) is 5.10 Å². The first kappa shape index (κ1) is 14.6. The van der Waals surface area contributed by atoms with Crippen LogP contribution in [0.4, 0.5) is 10.5 Å². The quantitative estimate of drug-likeness (QED) is 0.793. The molecule has 0 unspecified atom stereocenters. The van der Waals surface area contributed by atoms with Crippen LogP contribution in [0.3, 0.4) is 0 Å². The van der Waals surface area contributed by atoms with Gasteiger partial charge in [-0.05, 0) is 19.9 Å². The molecule has 0 radical (unpaired) electrons. The molecule has 2 rings (SSSR count). The summed E-state index contributed by atoms with van der Waals surface area (Å²) in [7, 11) is 1.76. The SMILES string of the molecule is Cc1nn(C)cc1NC(=O)NCc1cc(C(=O)O)c(C)o1. The van der Waals surface area contributed by atoms with Crippen LogP contribution in [-0.4, -0.2) is 26.9 Å². The lowest BCUT2D eigenvalue weighted by Crippen LogP contribution is -2.28. The molecule has 2 aromatic rings. The van der Waals surface area contributed by atoms with Gasteiger partial charge in [-0.15, -0.1) is 0 Å². The van der Waals surface area contributed by atoms with Crippen LogP contribution in [-0.2, 0) is 13.6 Å². The van der Waals surface area contributed by atoms with Crippen molar-refractivity contribution in [1.29, 1.82) is 0 Å². The second-order valence-electron chi connectivity index (χ2n) is 4.60. The number of aromatic nitrogens is 2. The second-order valence-corrected chi connectivity index (χ2v) is 4.60. The van der Waals surface area contributed by atoms with E-state index in [0.29, 0.717) is 22.9 Å². The molecule has 0 aliphatic carbocycles. The molecule has 0 bridgehead atoms. The fourth-order valence-corrected chi connectivity index (χ4v) is 1.90. The average Bonchev–Trinajstić information content (AvgIpc) is 2.90. The number of aromatic carboxylic acids is 1. The third-order valence-corrected chi connectivity index (χ3v) is 2.88. The number of rotatable bonds is 4. The van der Waals surface area contributed by atoms with Crippen LogP contribution in [0.5, 0.6) is 0 Å². The van der Waals surface area contributed by atoms with Crippen molar-refractivity contribution in [1.82, 2.24) is 15.1 Å². The molecule has 2 heterocycles. The summed E-state index contributed by atoms with van der Waals surface area (Å²) in [6.45, 7) is 3.44. The number of aryl methyl sites for hydroxylation is 3. The molecule has 2 amide bonds. The van der Waals surface area contributed by atoms with Gasteiger partial charge in [0.25, 0.3) is 0 Å². The first-order chi connectivity index (χ1) is 9.86. The zero-order valence-electron chi connectivity index (χ0n) is 11.9. The Bertz CT molecular complexity index is 686. The zero-order chi connectivity index (χ0) is 15.6. The van der Waals surface area contributed by atoms with Crippen LogP contribution in [0, 0.1) is 13.8 Å². The van der Waals surface area contributed by atoms with E-state index in [1.165, 1.54) is 6.07 Å². The standard InChI is InChI=1S/C13H16N4O4/c1-7-11(6-17(3)16-7)15-13(20)14-5-9-4-10(12(18)19)8(2)21-9/h4,6H,5H2,1-3H3,(H,18,19)(H2,14,15,20). The van der Waals surface area contributed by atoms with Gasteiger partial charge >= 0.3 is 12.0 Å². The van der Waals surface area contributed by atoms with Crippen LogP contribution in [0.2, 0.25) is 0 Å². The molecule has 0 fully saturated rings. The van der Waals surface area contributed by atoms with Gasteiger partial charge in [-0.1, -0.05) is 0 Å². The monoisotopic (exact) mass is 292 g/mol. The van der Waals surface area contributed by atoms with E-state index >= 15 is 0 Å². The fraction of sp³-hybridized carbons (Fsp3) is 0.308. The Balaban J connectivity index is 1.94. The Morgan fingerprint density at radius 1 is 1.43 bits per heavy atom. The predicted molar refractivity (Wildman–Crippen MR) is 74.2 cm³/mol. The summed E-state index contributed by atoms with van der Waals surface area (Å²) in [4.78, 5) is 22.6. The Hall–Kier alpha value is -2.77. The zero-order valence-corrected chi connectivity index (χ0v) is 11.9. The fourth-order valence-electron chi connectivity index (χ4n) is 1.90. The summed E-state index contributed by atoms with van der Waals surface area (Å²) in [6, 6.07) is 0.977. The molecule has 0 saturated heterocycles. The number of nitrogens with zero attached hydrogens (tertiary/aromatic N) is 2. The van der Waals surface area contributed by atoms with E-state index < -0.39 is 12.0 Å². The molecule has 112 valence electrons. The lowest BCUT2D eigenvalue weighted by Gasteiger charge is -2.04. The van der Waals surface area contributed by atoms with Crippen molar-refractivity contribution in [3.8, 4) is 0 Å². The lowest BCUT2D eigenvalue weighted by atomic mass is 10.2. The molecule has 0 aliphatic heterocycles. The van der Waals surface area contributed by atoms with E-state index in [1.807, 2.05) is 0 Å². The first-order valence-corrected chi connectivity index (χ1v) is 6.24. The molecule has 2 aromatic heterocycles. The smallest absolute Gasteiger partial charge is 0.339 e. The van der Waals surface area contributed by atoms with Crippen molar-refractivity contribution in [2.24, 2.45) is 7.05 Å². The molecular weight excluding hydrogens is 276 g/mol. The molecule has 8 nitrogen and oxygen atoms in total. The molecule has 0 atom stereocenters. The largest absolute Gasteiger partial charge is 0.478 e. The molecule has 0 saturated carbocycles. The maximum Gasteiger partial charge on any atom is 0.339 e. The first-order valence-electron chi connectivity index (χ1n) is 6.24. The molecular formula is C13H16N4O4. The molecule has 0 aliphatic rings. The summed E-state index contributed by atoms with van der Waals surface area (Å²) >= 11 is 0. The van der Waals surface area contributed by atoms with Crippen molar-refractivity contribution in [3.05, 3.63) is 35.0 Å². The summed E-state index contributed by atoms with van der Waals surface area (Å²) in [5.74, 6) is -0.372. The van der Waals surface area contributed by atoms with E-state index in [2.05, 4.69) is 15.7 Å². The number of nitrogens with one attached hydrogen (secondary N) is 2. The van der Waals surface area contributed by atoms with Gasteiger partial charge in [0.15, 0.2) is 0 Å². The summed E-state index contributed by atoms with van der Waals surface area (Å²) in [5, 5.41) is 18.3. The highest BCUT2D eigenvalue weighted by Gasteiger charge is 2.14. The molecule has 3 N–H and O–H groups in total. The minimum atomic E-state index is -1.06. The number of hydrogen-bond donors (Lipinski definition) is 3. The third-order valence-electron chi connectivity index (χ3n) is 2.88. The highest BCUT2D eigenvalue weighted by atomic mass is 16.4. The summed E-state index contributed by atoms with van der Waals surface area (Å²) in [5.41, 5.74) is 1.40. The number of carbonyl (C=O) groups is 2. The van der Waals surface area contributed by atoms with Crippen molar-refractivity contribution >= 4 is 17.7 Å². The van der Waals surface area contributed by atoms with Crippen LogP contribution in [0.15, 0.2) is 16.7 Å². The van der Waals surface area contributed by atoms with E-state index in [-0.39, 0.29) is 12.1 Å². The number of amides is 2. The number of anilines is 1. The predicted octanol–water partition coefficient (Wildman–Crippen LogP) is 1.65. The van der Waals surface area contributed by atoms with Crippen LogP contribution >= 0.6 is 0 Å². The van der Waals surface area contributed by atoms with Crippen molar-refractivity contribution in [2.75, 3.05) is 5.32 Å². The van der Waals surface area contributed by atoms with Gasteiger partial charge < -0.3 is 20.2 Å². The van der Waals surface area contributed by atoms with E-state index in [9.17, 15) is 9.59 Å². The minimum absolute atomic E-state index is 0.0929. The lowest BCUT2D eigenvalue weighted by molar-refractivity contribution is 0.0695. The molecule has 8 heteroatoms. The number of carboxylic acid groups (broad SMARTS) is 1. The number of hydrogen-bond acceptors (Lipinski definition) is 4. The Morgan fingerprint density at radius 2 is 2.14 bits per heavy atom. The van der Waals surface area contributed by atoms with Crippen LogP contribution in [0.25, 0.3) is 0 Å². The highest BCUT2D eigenvalue weighted by Crippen LogP contribution is 2.15. The minimum Gasteiger partial charge on any atom is -0.478 e. The highest BCUT2D eigenvalue weighted by molar-refractivity contribution is 5.90. The molecule has 0 aromatic carbocycles. The molecule has 0 spiro atoms. The number of carbonyl (C=O) groups excluding carboxylic acids is 1. The van der Waals surface area contributed by atoms with Crippen molar-refractivity contribution in [2.45, 2.75) is 20.4 Å². The van der Waals surface area contributed by atoms with E-state index in [0.717, 1.165) is 0 Å². The summed E-state index contributed by atoms with van der Waals surface area (Å²) < 4.78 is 6.86. The number of furan rings is 1. The van der Waals surface area contributed by atoms with Crippen LogP contribution < -0.4 is 10.6 Å². The third kappa shape index (κ3) is 3.41. The van der Waals surface area contributed by atoms with Gasteiger partial charge in [-0.3, -0.25) is 4.68 Å². The van der Waals surface area contributed by atoms with E-state index in [4.69, 9.17) is 9.52 Å². The number of urea groups is 1. The van der Waals surface area contributed by atoms with Crippen LogP contribution in [0.1, 0.15) is 27.6 Å². The Kier molecular flexibility index (Phi) is 3.97. The van der Waals surface area contributed by atoms with Crippen molar-refractivity contribution < 1.29 is 19.1 Å². The normalized spacial score (nSPS) is 10.4.